The van der Waals surface area contributed by atoms with Crippen LogP contribution in [0.15, 0.2) is 83.9 Å². The van der Waals surface area contributed by atoms with Crippen molar-refractivity contribution >= 4 is 28.9 Å². The van der Waals surface area contributed by atoms with Gasteiger partial charge in [-0.3, -0.25) is 4.79 Å². The smallest absolute Gasteiger partial charge is 0.224 e. The number of rotatable bonds is 7. The molecule has 1 saturated heterocycles. The molecule has 7 nitrogen and oxygen atoms in total. The molecule has 4 rings (SSSR count). The average Bonchev–Trinajstić information content (AvgIpc) is 2.91. The lowest BCUT2D eigenvalue weighted by atomic mass is 10.1. The van der Waals surface area contributed by atoms with E-state index in [0.29, 0.717) is 12.4 Å². The van der Waals surface area contributed by atoms with Crippen molar-refractivity contribution in [3.8, 4) is 6.19 Å². The zero-order valence-electron chi connectivity index (χ0n) is 20.7. The maximum atomic E-state index is 12.3. The van der Waals surface area contributed by atoms with Crippen LogP contribution in [0.5, 0.6) is 0 Å². The summed E-state index contributed by atoms with van der Waals surface area (Å²) >= 11 is 0. The van der Waals surface area contributed by atoms with Crippen molar-refractivity contribution in [1.82, 2.24) is 4.90 Å². The van der Waals surface area contributed by atoms with Gasteiger partial charge in [0.1, 0.15) is 0 Å². The van der Waals surface area contributed by atoms with Crippen molar-refractivity contribution in [2.45, 2.75) is 26.2 Å². The maximum Gasteiger partial charge on any atom is 0.224 e. The van der Waals surface area contributed by atoms with E-state index in [9.17, 15) is 10.1 Å². The van der Waals surface area contributed by atoms with Gasteiger partial charge in [-0.05, 0) is 61.2 Å². The first kappa shape index (κ1) is 24.8. The van der Waals surface area contributed by atoms with Crippen molar-refractivity contribution in [1.29, 1.82) is 5.26 Å². The largest absolute Gasteiger partial charge is 0.368 e. The zero-order chi connectivity index (χ0) is 25.2. The molecule has 1 aliphatic heterocycles. The number of hydrogen-bond acceptors (Lipinski definition) is 4. The Morgan fingerprint density at radius 2 is 1.61 bits per heavy atom. The minimum Gasteiger partial charge on any atom is -0.368 e. The monoisotopic (exact) mass is 480 g/mol. The summed E-state index contributed by atoms with van der Waals surface area (Å²) in [4.78, 5) is 20.8. The number of aliphatic imine (C=N–C) groups is 1. The van der Waals surface area contributed by atoms with E-state index in [1.54, 1.807) is 0 Å². The standard InChI is InChI=1S/C29H32N6O/c1-23-8-5-6-12-27(23)33-29(31-22-30)35-20-18-34(19-21-35)26-16-14-25(15-17-26)32-28(36)13-7-11-24-9-3-2-4-10-24/h2-6,8-10,12,14-17H,7,11,13,18-21H2,1H3,(H,31,33)(H,32,36). The van der Waals surface area contributed by atoms with Gasteiger partial charge in [0.15, 0.2) is 0 Å². The Kier molecular flexibility index (Phi) is 8.55. The van der Waals surface area contributed by atoms with Crippen LogP contribution in [-0.2, 0) is 11.2 Å². The molecule has 0 aliphatic carbocycles. The molecular weight excluding hydrogens is 448 g/mol. The number of nitrogens with one attached hydrogen (secondary N) is 2. The third-order valence-electron chi connectivity index (χ3n) is 6.35. The highest BCUT2D eigenvalue weighted by Crippen LogP contribution is 2.21. The van der Waals surface area contributed by atoms with Crippen LogP contribution in [0.2, 0.25) is 0 Å². The van der Waals surface area contributed by atoms with E-state index in [0.717, 1.165) is 61.6 Å². The van der Waals surface area contributed by atoms with Crippen LogP contribution in [0, 0.1) is 18.4 Å². The second kappa shape index (κ2) is 12.4. The molecule has 0 bridgehead atoms. The predicted molar refractivity (Wildman–Crippen MR) is 146 cm³/mol. The fourth-order valence-electron chi connectivity index (χ4n) is 4.31. The maximum absolute atomic E-state index is 12.3. The molecule has 36 heavy (non-hydrogen) atoms. The third-order valence-corrected chi connectivity index (χ3v) is 6.35. The summed E-state index contributed by atoms with van der Waals surface area (Å²) in [7, 11) is 0. The molecule has 0 spiro atoms. The second-order valence-electron chi connectivity index (χ2n) is 8.88. The van der Waals surface area contributed by atoms with Crippen molar-refractivity contribution < 1.29 is 4.79 Å². The quantitative estimate of drug-likeness (QED) is 0.282. The summed E-state index contributed by atoms with van der Waals surface area (Å²) in [5, 5.41) is 15.5. The molecule has 0 unspecified atom stereocenters. The molecule has 1 amide bonds. The topological polar surface area (TPSA) is 83.8 Å². The number of para-hydroxylation sites is 1. The first-order valence-corrected chi connectivity index (χ1v) is 12.4. The normalized spacial score (nSPS) is 13.7. The van der Waals surface area contributed by atoms with Gasteiger partial charge in [0.05, 0.1) is 0 Å². The van der Waals surface area contributed by atoms with E-state index < -0.39 is 0 Å². The molecule has 2 N–H and O–H groups in total. The molecule has 184 valence electrons. The first-order chi connectivity index (χ1) is 17.6. The Labute approximate surface area is 213 Å². The molecule has 0 atom stereocenters. The number of carbonyl (C=O) groups excluding carboxylic acids is 1. The summed E-state index contributed by atoms with van der Waals surface area (Å²) in [5.74, 6) is 0.620. The number of carbonyl (C=O) groups is 1. The Morgan fingerprint density at radius 1 is 0.917 bits per heavy atom. The second-order valence-corrected chi connectivity index (χ2v) is 8.88. The lowest BCUT2D eigenvalue weighted by Crippen LogP contribution is -2.50. The van der Waals surface area contributed by atoms with Crippen molar-refractivity contribution in [2.75, 3.05) is 41.7 Å². The zero-order valence-corrected chi connectivity index (χ0v) is 20.7. The molecule has 0 aromatic heterocycles. The number of hydrogen-bond donors (Lipinski definition) is 2. The Morgan fingerprint density at radius 3 is 2.31 bits per heavy atom. The van der Waals surface area contributed by atoms with Gasteiger partial charge in [0, 0.05) is 49.7 Å². The van der Waals surface area contributed by atoms with E-state index in [1.165, 1.54) is 5.56 Å². The van der Waals surface area contributed by atoms with E-state index in [1.807, 2.05) is 79.8 Å². The van der Waals surface area contributed by atoms with Crippen molar-refractivity contribution in [3.63, 3.8) is 0 Å². The Balaban J connectivity index is 1.25. The van der Waals surface area contributed by atoms with E-state index in [2.05, 4.69) is 37.6 Å². The SMILES string of the molecule is Cc1ccccc1N/C(=N/C#N)N1CCN(c2ccc(NC(=O)CCCc3ccccc3)cc2)CC1. The van der Waals surface area contributed by atoms with Gasteiger partial charge in [-0.15, -0.1) is 4.99 Å². The van der Waals surface area contributed by atoms with Crippen LogP contribution in [0.4, 0.5) is 17.1 Å². The third kappa shape index (κ3) is 6.86. The number of benzene rings is 3. The number of amides is 1. The van der Waals surface area contributed by atoms with Gasteiger partial charge in [0.2, 0.25) is 18.1 Å². The van der Waals surface area contributed by atoms with Gasteiger partial charge in [-0.2, -0.15) is 5.26 Å². The minimum absolute atomic E-state index is 0.0396. The highest BCUT2D eigenvalue weighted by molar-refractivity contribution is 5.95. The van der Waals surface area contributed by atoms with Crippen LogP contribution in [0.3, 0.4) is 0 Å². The molecule has 3 aromatic rings. The highest BCUT2D eigenvalue weighted by Gasteiger charge is 2.21. The summed E-state index contributed by atoms with van der Waals surface area (Å²) < 4.78 is 0. The lowest BCUT2D eigenvalue weighted by Gasteiger charge is -2.37. The number of nitriles is 1. The Bertz CT molecular complexity index is 1210. The molecule has 0 saturated carbocycles. The molecular formula is C29H32N6O. The lowest BCUT2D eigenvalue weighted by molar-refractivity contribution is -0.116. The van der Waals surface area contributed by atoms with Crippen LogP contribution in [-0.4, -0.2) is 42.9 Å². The molecule has 1 fully saturated rings. The van der Waals surface area contributed by atoms with Crippen LogP contribution in [0.25, 0.3) is 0 Å². The Hall–Kier alpha value is -4.31. The van der Waals surface area contributed by atoms with Gasteiger partial charge in [-0.25, -0.2) is 0 Å². The number of guanidine groups is 1. The van der Waals surface area contributed by atoms with Crippen LogP contribution in [0.1, 0.15) is 24.0 Å². The van der Waals surface area contributed by atoms with E-state index >= 15 is 0 Å². The number of piperazine rings is 1. The van der Waals surface area contributed by atoms with Crippen LogP contribution < -0.4 is 15.5 Å². The first-order valence-electron chi connectivity index (χ1n) is 12.4. The van der Waals surface area contributed by atoms with Crippen LogP contribution >= 0.6 is 0 Å². The molecule has 3 aromatic carbocycles. The molecule has 1 aliphatic rings. The molecule has 0 radical (unpaired) electrons. The summed E-state index contributed by atoms with van der Waals surface area (Å²) in [6.07, 6.45) is 4.16. The van der Waals surface area contributed by atoms with E-state index in [4.69, 9.17) is 0 Å². The number of nitrogens with zero attached hydrogens (tertiary/aromatic N) is 4. The minimum atomic E-state index is 0.0396. The van der Waals surface area contributed by atoms with Gasteiger partial charge >= 0.3 is 0 Å². The summed E-state index contributed by atoms with van der Waals surface area (Å²) in [5.41, 5.74) is 5.24. The van der Waals surface area contributed by atoms with E-state index in [-0.39, 0.29) is 5.91 Å². The summed E-state index contributed by atoms with van der Waals surface area (Å²) in [6, 6.07) is 26.2. The van der Waals surface area contributed by atoms with Gasteiger partial charge < -0.3 is 20.4 Å². The highest BCUT2D eigenvalue weighted by atomic mass is 16.1. The molecule has 7 heteroatoms. The van der Waals surface area contributed by atoms with Crippen molar-refractivity contribution in [3.05, 3.63) is 90.0 Å². The number of aryl methyl sites for hydroxylation is 2. The fourth-order valence-corrected chi connectivity index (χ4v) is 4.31. The van der Waals surface area contributed by atoms with Crippen molar-refractivity contribution in [2.24, 2.45) is 4.99 Å². The van der Waals surface area contributed by atoms with Gasteiger partial charge in [0.25, 0.3) is 0 Å². The molecule has 1 heterocycles. The number of anilines is 3. The van der Waals surface area contributed by atoms with Gasteiger partial charge in [-0.1, -0.05) is 48.5 Å². The average molecular weight is 481 g/mol. The predicted octanol–water partition coefficient (Wildman–Crippen LogP) is 5.03. The summed E-state index contributed by atoms with van der Waals surface area (Å²) in [6.45, 7) is 5.15. The fraction of sp³-hybridized carbons (Fsp3) is 0.276.